The lowest BCUT2D eigenvalue weighted by Gasteiger charge is -2.10. The van der Waals surface area contributed by atoms with Gasteiger partial charge in [-0.2, -0.15) is 0 Å². The van der Waals surface area contributed by atoms with Gasteiger partial charge in [-0.15, -0.1) is 0 Å². The molecule has 0 saturated carbocycles. The van der Waals surface area contributed by atoms with Crippen LogP contribution in [0.15, 0.2) is 48.8 Å². The van der Waals surface area contributed by atoms with Gasteiger partial charge in [0.05, 0.1) is 17.2 Å². The van der Waals surface area contributed by atoms with Crippen molar-refractivity contribution in [3.8, 4) is 0 Å². The molecule has 134 valence electrons. The Kier molecular flexibility index (Phi) is 4.83. The molecular formula is C18H19N5O3. The zero-order chi connectivity index (χ0) is 18.7. The number of pyridine rings is 1. The summed E-state index contributed by atoms with van der Waals surface area (Å²) in [6.45, 7) is 3.99. The number of carbonyl (C=O) groups is 1. The molecule has 1 aromatic carbocycles. The van der Waals surface area contributed by atoms with Crippen molar-refractivity contribution in [2.45, 2.75) is 26.4 Å². The number of rotatable bonds is 6. The highest BCUT2D eigenvalue weighted by Crippen LogP contribution is 2.26. The van der Waals surface area contributed by atoms with Crippen molar-refractivity contribution in [3.63, 3.8) is 0 Å². The summed E-state index contributed by atoms with van der Waals surface area (Å²) >= 11 is 0. The molecule has 0 aliphatic heterocycles. The number of nitro groups is 1. The molecule has 0 aliphatic rings. The minimum absolute atomic E-state index is 0.0468. The van der Waals surface area contributed by atoms with Gasteiger partial charge in [0, 0.05) is 30.1 Å². The van der Waals surface area contributed by atoms with E-state index in [-0.39, 0.29) is 23.2 Å². The monoisotopic (exact) mass is 353 g/mol. The van der Waals surface area contributed by atoms with Crippen LogP contribution in [-0.4, -0.2) is 26.3 Å². The molecule has 8 nitrogen and oxygen atoms in total. The fraction of sp³-hybridized carbons (Fsp3) is 0.222. The van der Waals surface area contributed by atoms with Gasteiger partial charge in [0.15, 0.2) is 0 Å². The van der Waals surface area contributed by atoms with Gasteiger partial charge in [-0.1, -0.05) is 6.07 Å². The van der Waals surface area contributed by atoms with E-state index in [9.17, 15) is 14.9 Å². The maximum atomic E-state index is 12.1. The van der Waals surface area contributed by atoms with E-state index in [4.69, 9.17) is 0 Å². The van der Waals surface area contributed by atoms with Crippen LogP contribution in [0.25, 0.3) is 5.65 Å². The van der Waals surface area contributed by atoms with E-state index in [0.29, 0.717) is 12.2 Å². The molecule has 0 aliphatic carbocycles. The lowest BCUT2D eigenvalue weighted by atomic mass is 10.1. The highest BCUT2D eigenvalue weighted by atomic mass is 16.6. The fourth-order valence-electron chi connectivity index (χ4n) is 2.58. The van der Waals surface area contributed by atoms with Crippen molar-refractivity contribution in [2.24, 2.45) is 0 Å². The molecule has 0 saturated heterocycles. The SMILES string of the molecule is CC(C)NC(=O)c1ccc(NCc2cn3ccccc3n2)c([N+](=O)[O-])c1. The van der Waals surface area contributed by atoms with E-state index in [1.54, 1.807) is 12.1 Å². The average Bonchev–Trinajstić information content (AvgIpc) is 3.02. The topological polar surface area (TPSA) is 102 Å². The number of aromatic nitrogens is 2. The number of nitrogens with zero attached hydrogens (tertiary/aromatic N) is 3. The Labute approximate surface area is 150 Å². The van der Waals surface area contributed by atoms with Gasteiger partial charge in [0.1, 0.15) is 11.3 Å². The highest BCUT2D eigenvalue weighted by molar-refractivity contribution is 5.95. The number of carbonyl (C=O) groups excluding carboxylic acids is 1. The van der Waals surface area contributed by atoms with E-state index in [2.05, 4.69) is 15.6 Å². The second-order valence-corrected chi connectivity index (χ2v) is 6.17. The highest BCUT2D eigenvalue weighted by Gasteiger charge is 2.18. The van der Waals surface area contributed by atoms with Crippen LogP contribution in [-0.2, 0) is 6.54 Å². The number of imidazole rings is 1. The molecule has 0 bridgehead atoms. The van der Waals surface area contributed by atoms with Crippen molar-refractivity contribution < 1.29 is 9.72 Å². The second kappa shape index (κ2) is 7.22. The summed E-state index contributed by atoms with van der Waals surface area (Å²) in [4.78, 5) is 27.4. The Morgan fingerprint density at radius 2 is 2.12 bits per heavy atom. The van der Waals surface area contributed by atoms with E-state index >= 15 is 0 Å². The minimum Gasteiger partial charge on any atom is -0.374 e. The molecule has 0 fully saturated rings. The molecule has 3 rings (SSSR count). The minimum atomic E-state index is -0.502. The summed E-state index contributed by atoms with van der Waals surface area (Å²) < 4.78 is 1.88. The maximum Gasteiger partial charge on any atom is 0.293 e. The van der Waals surface area contributed by atoms with E-state index in [1.165, 1.54) is 6.07 Å². The molecule has 1 amide bonds. The lowest BCUT2D eigenvalue weighted by Crippen LogP contribution is -2.30. The summed E-state index contributed by atoms with van der Waals surface area (Å²) in [6.07, 6.45) is 3.75. The Balaban J connectivity index is 1.80. The molecule has 26 heavy (non-hydrogen) atoms. The first-order valence-corrected chi connectivity index (χ1v) is 8.20. The number of nitrogens with one attached hydrogen (secondary N) is 2. The zero-order valence-corrected chi connectivity index (χ0v) is 14.5. The van der Waals surface area contributed by atoms with Gasteiger partial charge < -0.3 is 15.0 Å². The van der Waals surface area contributed by atoms with Gasteiger partial charge in [-0.3, -0.25) is 14.9 Å². The molecule has 2 heterocycles. The average molecular weight is 353 g/mol. The molecule has 2 N–H and O–H groups in total. The zero-order valence-electron chi connectivity index (χ0n) is 14.5. The largest absolute Gasteiger partial charge is 0.374 e. The van der Waals surface area contributed by atoms with Crippen molar-refractivity contribution in [2.75, 3.05) is 5.32 Å². The predicted molar refractivity (Wildman–Crippen MR) is 98.2 cm³/mol. The third-order valence-electron chi connectivity index (χ3n) is 3.75. The molecule has 0 radical (unpaired) electrons. The first kappa shape index (κ1) is 17.4. The first-order valence-electron chi connectivity index (χ1n) is 8.20. The van der Waals surface area contributed by atoms with E-state index < -0.39 is 4.92 Å². The summed E-state index contributed by atoms with van der Waals surface area (Å²) in [5.74, 6) is -0.338. The second-order valence-electron chi connectivity index (χ2n) is 6.17. The van der Waals surface area contributed by atoms with Crippen molar-refractivity contribution in [3.05, 3.63) is 70.2 Å². The smallest absolute Gasteiger partial charge is 0.293 e. The van der Waals surface area contributed by atoms with Crippen LogP contribution in [0.4, 0.5) is 11.4 Å². The third-order valence-corrected chi connectivity index (χ3v) is 3.75. The Morgan fingerprint density at radius 1 is 1.31 bits per heavy atom. The predicted octanol–water partition coefficient (Wildman–Crippen LogP) is 2.99. The van der Waals surface area contributed by atoms with Crippen LogP contribution in [0.3, 0.4) is 0 Å². The Morgan fingerprint density at radius 3 is 2.81 bits per heavy atom. The summed E-state index contributed by atoms with van der Waals surface area (Å²) in [5.41, 5.74) is 2.01. The van der Waals surface area contributed by atoms with Crippen LogP contribution in [0.2, 0.25) is 0 Å². The fourth-order valence-corrected chi connectivity index (χ4v) is 2.58. The quantitative estimate of drug-likeness (QED) is 0.524. The molecule has 0 spiro atoms. The third kappa shape index (κ3) is 3.80. The first-order chi connectivity index (χ1) is 12.4. The number of benzene rings is 1. The Hall–Kier alpha value is -3.42. The summed E-state index contributed by atoms with van der Waals surface area (Å²) in [5, 5.41) is 17.1. The Bertz CT molecular complexity index is 931. The normalized spacial score (nSPS) is 10.9. The van der Waals surface area contributed by atoms with Gasteiger partial charge in [0.25, 0.3) is 11.6 Å². The van der Waals surface area contributed by atoms with Crippen LogP contribution < -0.4 is 10.6 Å². The molecule has 0 unspecified atom stereocenters. The van der Waals surface area contributed by atoms with Crippen molar-refractivity contribution in [1.82, 2.24) is 14.7 Å². The number of fused-ring (bicyclic) bond motifs is 1. The van der Waals surface area contributed by atoms with Crippen molar-refractivity contribution in [1.29, 1.82) is 0 Å². The summed E-state index contributed by atoms with van der Waals surface area (Å²) in [6, 6.07) is 10.0. The number of hydrogen-bond acceptors (Lipinski definition) is 5. The van der Waals surface area contributed by atoms with Gasteiger partial charge in [-0.05, 0) is 38.1 Å². The van der Waals surface area contributed by atoms with Gasteiger partial charge in [0.2, 0.25) is 0 Å². The van der Waals surface area contributed by atoms with Crippen LogP contribution in [0.5, 0.6) is 0 Å². The van der Waals surface area contributed by atoms with Crippen LogP contribution >= 0.6 is 0 Å². The van der Waals surface area contributed by atoms with Crippen LogP contribution in [0.1, 0.15) is 29.9 Å². The number of hydrogen-bond donors (Lipinski definition) is 2. The van der Waals surface area contributed by atoms with E-state index in [1.807, 2.05) is 48.8 Å². The lowest BCUT2D eigenvalue weighted by molar-refractivity contribution is -0.384. The molecule has 2 aromatic heterocycles. The number of nitro benzene ring substituents is 1. The molecule has 8 heteroatoms. The molecule has 0 atom stereocenters. The van der Waals surface area contributed by atoms with Gasteiger partial charge >= 0.3 is 0 Å². The molecule has 3 aromatic rings. The van der Waals surface area contributed by atoms with Crippen molar-refractivity contribution >= 4 is 22.9 Å². The summed E-state index contributed by atoms with van der Waals surface area (Å²) in [7, 11) is 0. The molecular weight excluding hydrogens is 334 g/mol. The number of anilines is 1. The van der Waals surface area contributed by atoms with Gasteiger partial charge in [-0.25, -0.2) is 4.98 Å². The van der Waals surface area contributed by atoms with E-state index in [0.717, 1.165) is 11.3 Å². The maximum absolute atomic E-state index is 12.1. The van der Waals surface area contributed by atoms with Crippen LogP contribution in [0, 0.1) is 10.1 Å². The number of amides is 1. The standard InChI is InChI=1S/C18H19N5O3/c1-12(2)20-18(24)13-6-7-15(16(9-13)23(25)26)19-10-14-11-22-8-4-3-5-17(22)21-14/h3-9,11-12,19H,10H2,1-2H3,(H,20,24).